The largest absolute Gasteiger partial charge is 0.493 e. The first kappa shape index (κ1) is 13.3. The molecule has 5 nitrogen and oxygen atoms in total. The molecule has 0 spiro atoms. The summed E-state index contributed by atoms with van der Waals surface area (Å²) in [6.07, 6.45) is 1.67. The Balaban J connectivity index is 2.82. The van der Waals surface area contributed by atoms with Crippen LogP contribution in [-0.4, -0.2) is 37.8 Å². The zero-order valence-corrected chi connectivity index (χ0v) is 10.5. The Hall–Kier alpha value is -1.78. The number of likely N-dealkylation sites (N-methyl/N-ethyl adjacent to an activating group) is 1. The third-order valence-electron chi connectivity index (χ3n) is 2.28. The van der Waals surface area contributed by atoms with Crippen LogP contribution >= 0.6 is 0 Å². The average Bonchev–Trinajstić information content (AvgIpc) is 2.36. The minimum absolute atomic E-state index is 0.178. The van der Waals surface area contributed by atoms with E-state index in [2.05, 4.69) is 4.98 Å². The maximum Gasteiger partial charge on any atom is 0.325 e. The number of nitrogens with zero attached hydrogens (tertiary/aromatic N) is 2. The molecular formula is C12H18N2O3. The topological polar surface area (TPSA) is 51.7 Å². The van der Waals surface area contributed by atoms with Gasteiger partial charge in [0.05, 0.1) is 13.7 Å². The van der Waals surface area contributed by atoms with Gasteiger partial charge in [0.1, 0.15) is 6.54 Å². The third kappa shape index (κ3) is 3.62. The lowest BCUT2D eigenvalue weighted by atomic mass is 10.3. The van der Waals surface area contributed by atoms with Crippen LogP contribution in [0.1, 0.15) is 13.8 Å². The molecule has 0 aromatic carbocycles. The predicted octanol–water partition coefficient (Wildman–Crippen LogP) is 1.48. The van der Waals surface area contributed by atoms with Crippen LogP contribution in [0, 0.1) is 0 Å². The number of aromatic nitrogens is 1. The van der Waals surface area contributed by atoms with Gasteiger partial charge < -0.3 is 14.4 Å². The van der Waals surface area contributed by atoms with Crippen molar-refractivity contribution in [1.82, 2.24) is 4.98 Å². The lowest BCUT2D eigenvalue weighted by molar-refractivity contribution is -0.141. The van der Waals surface area contributed by atoms with Gasteiger partial charge in [-0.05, 0) is 26.0 Å². The highest BCUT2D eigenvalue weighted by Gasteiger charge is 2.15. The van der Waals surface area contributed by atoms with Gasteiger partial charge in [0.15, 0.2) is 11.6 Å². The highest BCUT2D eigenvalue weighted by atomic mass is 16.5. The second-order valence-corrected chi connectivity index (χ2v) is 3.35. The fourth-order valence-electron chi connectivity index (χ4n) is 1.48. The van der Waals surface area contributed by atoms with Gasteiger partial charge in [0.2, 0.25) is 0 Å². The highest BCUT2D eigenvalue weighted by Crippen LogP contribution is 2.24. The first-order valence-electron chi connectivity index (χ1n) is 5.62. The van der Waals surface area contributed by atoms with Crippen LogP contribution in [0.15, 0.2) is 18.3 Å². The summed E-state index contributed by atoms with van der Waals surface area (Å²) < 4.78 is 10.1. The smallest absolute Gasteiger partial charge is 0.325 e. The van der Waals surface area contributed by atoms with E-state index < -0.39 is 0 Å². The minimum atomic E-state index is -0.262. The predicted molar refractivity (Wildman–Crippen MR) is 65.3 cm³/mol. The zero-order chi connectivity index (χ0) is 12.7. The van der Waals surface area contributed by atoms with E-state index in [9.17, 15) is 4.79 Å². The van der Waals surface area contributed by atoms with Crippen molar-refractivity contribution in [3.63, 3.8) is 0 Å². The van der Waals surface area contributed by atoms with Crippen LogP contribution in [0.4, 0.5) is 5.82 Å². The van der Waals surface area contributed by atoms with Crippen molar-refractivity contribution in [2.24, 2.45) is 0 Å². The Labute approximate surface area is 101 Å². The number of pyridine rings is 1. The van der Waals surface area contributed by atoms with Crippen molar-refractivity contribution in [2.75, 3.05) is 31.7 Å². The molecule has 1 aromatic heterocycles. The van der Waals surface area contributed by atoms with E-state index in [0.29, 0.717) is 24.7 Å². The molecule has 0 amide bonds. The summed E-state index contributed by atoms with van der Waals surface area (Å²) in [4.78, 5) is 17.5. The minimum Gasteiger partial charge on any atom is -0.493 e. The molecule has 0 radical (unpaired) electrons. The molecule has 0 saturated heterocycles. The molecule has 0 saturated carbocycles. The maximum absolute atomic E-state index is 11.5. The number of carbonyl (C=O) groups excluding carboxylic acids is 1. The summed E-state index contributed by atoms with van der Waals surface area (Å²) in [7, 11) is 1.58. The van der Waals surface area contributed by atoms with Crippen molar-refractivity contribution >= 4 is 11.8 Å². The lowest BCUT2D eigenvalue weighted by Crippen LogP contribution is -2.31. The molecule has 0 aliphatic carbocycles. The molecule has 1 heterocycles. The third-order valence-corrected chi connectivity index (χ3v) is 2.28. The second kappa shape index (κ2) is 6.73. The van der Waals surface area contributed by atoms with E-state index in [1.165, 1.54) is 0 Å². The molecule has 17 heavy (non-hydrogen) atoms. The number of anilines is 1. The van der Waals surface area contributed by atoms with Crippen LogP contribution in [0.25, 0.3) is 0 Å². The molecular weight excluding hydrogens is 220 g/mol. The summed E-state index contributed by atoms with van der Waals surface area (Å²) in [5.74, 6) is 1.05. The van der Waals surface area contributed by atoms with Crippen LogP contribution in [0.3, 0.4) is 0 Å². The number of methoxy groups -OCH3 is 1. The molecule has 0 unspecified atom stereocenters. The van der Waals surface area contributed by atoms with Gasteiger partial charge >= 0.3 is 5.97 Å². The number of ether oxygens (including phenoxy) is 2. The SMILES string of the molecule is CCOC(=O)CN(CC)c1ncccc1OC. The van der Waals surface area contributed by atoms with Gasteiger partial charge in [0, 0.05) is 12.7 Å². The Morgan fingerprint density at radius 1 is 1.47 bits per heavy atom. The van der Waals surface area contributed by atoms with E-state index >= 15 is 0 Å². The molecule has 0 aliphatic heterocycles. The van der Waals surface area contributed by atoms with Crippen LogP contribution < -0.4 is 9.64 Å². The summed E-state index contributed by atoms with van der Waals surface area (Å²) in [6, 6.07) is 3.61. The standard InChI is InChI=1S/C12H18N2O3/c1-4-14(9-11(15)17-5-2)12-10(16-3)7-6-8-13-12/h6-8H,4-5,9H2,1-3H3. The maximum atomic E-state index is 11.5. The van der Waals surface area contributed by atoms with Crippen molar-refractivity contribution in [3.05, 3.63) is 18.3 Å². The molecule has 0 bridgehead atoms. The first-order valence-corrected chi connectivity index (χ1v) is 5.62. The van der Waals surface area contributed by atoms with E-state index in [-0.39, 0.29) is 12.5 Å². The van der Waals surface area contributed by atoms with Gasteiger partial charge in [-0.2, -0.15) is 0 Å². The number of rotatable bonds is 6. The van der Waals surface area contributed by atoms with Crippen molar-refractivity contribution in [3.8, 4) is 5.75 Å². The van der Waals surface area contributed by atoms with Gasteiger partial charge in [-0.25, -0.2) is 4.98 Å². The number of hydrogen-bond acceptors (Lipinski definition) is 5. The molecule has 5 heteroatoms. The molecule has 1 aromatic rings. The fraction of sp³-hybridized carbons (Fsp3) is 0.500. The molecule has 94 valence electrons. The summed E-state index contributed by atoms with van der Waals surface area (Å²) in [5.41, 5.74) is 0. The quantitative estimate of drug-likeness (QED) is 0.703. The van der Waals surface area contributed by atoms with E-state index in [4.69, 9.17) is 9.47 Å². The van der Waals surface area contributed by atoms with Gasteiger partial charge in [-0.15, -0.1) is 0 Å². The summed E-state index contributed by atoms with van der Waals surface area (Å²) in [6.45, 7) is 4.96. The molecule has 0 N–H and O–H groups in total. The van der Waals surface area contributed by atoms with E-state index in [1.54, 1.807) is 26.3 Å². The van der Waals surface area contributed by atoms with Gasteiger partial charge in [0.25, 0.3) is 0 Å². The lowest BCUT2D eigenvalue weighted by Gasteiger charge is -2.22. The van der Waals surface area contributed by atoms with Crippen molar-refractivity contribution in [2.45, 2.75) is 13.8 Å². The highest BCUT2D eigenvalue weighted by molar-refractivity contribution is 5.76. The molecule has 0 aliphatic rings. The van der Waals surface area contributed by atoms with Crippen molar-refractivity contribution in [1.29, 1.82) is 0 Å². The Bertz CT molecular complexity index is 369. The van der Waals surface area contributed by atoms with Crippen LogP contribution in [0.2, 0.25) is 0 Å². The monoisotopic (exact) mass is 238 g/mol. The first-order chi connectivity index (χ1) is 8.22. The zero-order valence-electron chi connectivity index (χ0n) is 10.5. The number of hydrogen-bond donors (Lipinski definition) is 0. The Morgan fingerprint density at radius 2 is 2.24 bits per heavy atom. The van der Waals surface area contributed by atoms with E-state index in [0.717, 1.165) is 0 Å². The van der Waals surface area contributed by atoms with Gasteiger partial charge in [-0.3, -0.25) is 4.79 Å². The molecule has 1 rings (SSSR count). The fourth-order valence-corrected chi connectivity index (χ4v) is 1.48. The number of esters is 1. The number of carbonyl (C=O) groups is 1. The second-order valence-electron chi connectivity index (χ2n) is 3.35. The summed E-state index contributed by atoms with van der Waals surface area (Å²) >= 11 is 0. The average molecular weight is 238 g/mol. The molecule has 0 atom stereocenters. The van der Waals surface area contributed by atoms with Crippen LogP contribution in [0.5, 0.6) is 5.75 Å². The Morgan fingerprint density at radius 3 is 2.82 bits per heavy atom. The van der Waals surface area contributed by atoms with Gasteiger partial charge in [-0.1, -0.05) is 0 Å². The van der Waals surface area contributed by atoms with E-state index in [1.807, 2.05) is 17.9 Å². The normalized spacial score (nSPS) is 9.82. The molecule has 0 fully saturated rings. The summed E-state index contributed by atoms with van der Waals surface area (Å²) in [5, 5.41) is 0. The van der Waals surface area contributed by atoms with Crippen molar-refractivity contribution < 1.29 is 14.3 Å². The Kier molecular flexibility index (Phi) is 5.26. The van der Waals surface area contributed by atoms with Crippen LogP contribution in [-0.2, 0) is 9.53 Å².